The third kappa shape index (κ3) is 2.19. The standard InChI is InChI=1S/C13H6Br2F2N2/c14-6-1-2-8(15)7(5-6)13-18-10-4-3-9(16)11(17)12(10)19-13/h1-5H,(H,18,19). The number of imidazole rings is 1. The van der Waals surface area contributed by atoms with Crippen LogP contribution >= 0.6 is 31.9 Å². The Morgan fingerprint density at radius 2 is 1.84 bits per heavy atom. The summed E-state index contributed by atoms with van der Waals surface area (Å²) in [6, 6.07) is 8.11. The van der Waals surface area contributed by atoms with Crippen molar-refractivity contribution in [2.45, 2.75) is 0 Å². The van der Waals surface area contributed by atoms with Gasteiger partial charge in [-0.05, 0) is 30.3 Å². The zero-order valence-corrected chi connectivity index (χ0v) is 12.5. The van der Waals surface area contributed by atoms with Crippen molar-refractivity contribution in [3.05, 3.63) is 50.9 Å². The molecule has 96 valence electrons. The SMILES string of the molecule is Fc1ccc2[nH]c(-c3cc(Br)ccc3Br)nc2c1F. The van der Waals surface area contributed by atoms with Crippen LogP contribution < -0.4 is 0 Å². The summed E-state index contributed by atoms with van der Waals surface area (Å²) in [6.07, 6.45) is 0. The summed E-state index contributed by atoms with van der Waals surface area (Å²) in [5, 5.41) is 0. The molecular weight excluding hydrogens is 382 g/mol. The van der Waals surface area contributed by atoms with Crippen LogP contribution in [0.5, 0.6) is 0 Å². The largest absolute Gasteiger partial charge is 0.338 e. The molecule has 1 heterocycles. The first-order chi connectivity index (χ1) is 9.06. The van der Waals surface area contributed by atoms with E-state index in [4.69, 9.17) is 0 Å². The molecule has 0 aliphatic carbocycles. The molecule has 0 atom stereocenters. The second kappa shape index (κ2) is 4.68. The highest BCUT2D eigenvalue weighted by Crippen LogP contribution is 2.31. The minimum atomic E-state index is -0.939. The lowest BCUT2D eigenvalue weighted by Gasteiger charge is -2.01. The van der Waals surface area contributed by atoms with E-state index in [1.54, 1.807) is 0 Å². The molecule has 3 aromatic rings. The number of aromatic amines is 1. The zero-order valence-electron chi connectivity index (χ0n) is 9.35. The van der Waals surface area contributed by atoms with Crippen LogP contribution in [0.1, 0.15) is 0 Å². The van der Waals surface area contributed by atoms with Gasteiger partial charge in [0.2, 0.25) is 0 Å². The molecule has 1 aromatic heterocycles. The molecule has 3 rings (SSSR count). The topological polar surface area (TPSA) is 28.7 Å². The van der Waals surface area contributed by atoms with Crippen LogP contribution in [0.4, 0.5) is 8.78 Å². The average molecular weight is 388 g/mol. The fourth-order valence-corrected chi connectivity index (χ4v) is 2.62. The highest BCUT2D eigenvalue weighted by atomic mass is 79.9. The van der Waals surface area contributed by atoms with Crippen molar-refractivity contribution in [2.24, 2.45) is 0 Å². The van der Waals surface area contributed by atoms with Crippen molar-refractivity contribution < 1.29 is 8.78 Å². The number of nitrogens with one attached hydrogen (secondary N) is 1. The zero-order chi connectivity index (χ0) is 13.6. The van der Waals surface area contributed by atoms with Crippen molar-refractivity contribution in [3.8, 4) is 11.4 Å². The van der Waals surface area contributed by atoms with Gasteiger partial charge in [0.05, 0.1) is 5.52 Å². The number of H-pyrrole nitrogens is 1. The molecule has 1 N–H and O–H groups in total. The van der Waals surface area contributed by atoms with E-state index in [0.29, 0.717) is 11.3 Å². The maximum Gasteiger partial charge on any atom is 0.186 e. The number of fused-ring (bicyclic) bond motifs is 1. The van der Waals surface area contributed by atoms with Gasteiger partial charge in [-0.15, -0.1) is 0 Å². The van der Waals surface area contributed by atoms with Gasteiger partial charge >= 0.3 is 0 Å². The number of hydrogen-bond acceptors (Lipinski definition) is 1. The third-order valence-electron chi connectivity index (χ3n) is 2.73. The van der Waals surface area contributed by atoms with Crippen LogP contribution in [-0.2, 0) is 0 Å². The lowest BCUT2D eigenvalue weighted by molar-refractivity contribution is 0.515. The first-order valence-corrected chi connectivity index (χ1v) is 6.94. The molecule has 0 bridgehead atoms. The summed E-state index contributed by atoms with van der Waals surface area (Å²) in [5.74, 6) is -1.36. The van der Waals surface area contributed by atoms with Gasteiger partial charge in [-0.25, -0.2) is 13.8 Å². The van der Waals surface area contributed by atoms with Crippen LogP contribution in [0, 0.1) is 11.6 Å². The number of rotatable bonds is 1. The van der Waals surface area contributed by atoms with Gasteiger partial charge in [-0.1, -0.05) is 31.9 Å². The lowest BCUT2D eigenvalue weighted by atomic mass is 10.2. The lowest BCUT2D eigenvalue weighted by Crippen LogP contribution is -1.85. The van der Waals surface area contributed by atoms with E-state index in [1.807, 2.05) is 18.2 Å². The molecule has 0 aliphatic rings. The van der Waals surface area contributed by atoms with E-state index in [0.717, 1.165) is 20.6 Å². The summed E-state index contributed by atoms with van der Waals surface area (Å²) in [4.78, 5) is 7.10. The fraction of sp³-hybridized carbons (Fsp3) is 0. The van der Waals surface area contributed by atoms with E-state index in [-0.39, 0.29) is 5.52 Å². The van der Waals surface area contributed by atoms with E-state index in [1.165, 1.54) is 6.07 Å². The normalized spacial score (nSPS) is 11.2. The Kier molecular flexibility index (Phi) is 3.14. The molecule has 0 radical (unpaired) electrons. The molecule has 0 unspecified atom stereocenters. The van der Waals surface area contributed by atoms with E-state index >= 15 is 0 Å². The molecule has 0 amide bonds. The van der Waals surface area contributed by atoms with Crippen molar-refractivity contribution >= 4 is 42.9 Å². The second-order valence-corrected chi connectivity index (χ2v) is 5.74. The van der Waals surface area contributed by atoms with Gasteiger partial charge in [-0.3, -0.25) is 0 Å². The number of benzene rings is 2. The number of halogens is 4. The van der Waals surface area contributed by atoms with E-state index in [9.17, 15) is 8.78 Å². The molecule has 0 saturated carbocycles. The van der Waals surface area contributed by atoms with Crippen molar-refractivity contribution in [1.82, 2.24) is 9.97 Å². The predicted molar refractivity (Wildman–Crippen MR) is 76.8 cm³/mol. The first-order valence-electron chi connectivity index (χ1n) is 5.35. The van der Waals surface area contributed by atoms with Crippen LogP contribution in [-0.4, -0.2) is 9.97 Å². The number of aromatic nitrogens is 2. The van der Waals surface area contributed by atoms with Gasteiger partial charge in [0, 0.05) is 14.5 Å². The summed E-state index contributed by atoms with van der Waals surface area (Å²) in [5.41, 5.74) is 1.23. The smallest absolute Gasteiger partial charge is 0.186 e. The average Bonchev–Trinajstić information content (AvgIpc) is 2.81. The Labute approximate surface area is 124 Å². The van der Waals surface area contributed by atoms with E-state index in [2.05, 4.69) is 41.8 Å². The minimum absolute atomic E-state index is 0.00174. The van der Waals surface area contributed by atoms with E-state index < -0.39 is 11.6 Å². The van der Waals surface area contributed by atoms with Gasteiger partial charge in [0.25, 0.3) is 0 Å². The Hall–Kier alpha value is -1.27. The highest BCUT2D eigenvalue weighted by molar-refractivity contribution is 9.11. The Morgan fingerprint density at radius 3 is 2.63 bits per heavy atom. The molecule has 0 spiro atoms. The maximum absolute atomic E-state index is 13.6. The minimum Gasteiger partial charge on any atom is -0.338 e. The highest BCUT2D eigenvalue weighted by Gasteiger charge is 2.14. The molecule has 6 heteroatoms. The summed E-state index contributed by atoms with van der Waals surface area (Å²) in [7, 11) is 0. The van der Waals surface area contributed by atoms with Gasteiger partial charge < -0.3 is 4.98 Å². The Morgan fingerprint density at radius 1 is 1.05 bits per heavy atom. The van der Waals surface area contributed by atoms with Gasteiger partial charge in [-0.2, -0.15) is 0 Å². The molecule has 0 fully saturated rings. The van der Waals surface area contributed by atoms with Gasteiger partial charge in [0.1, 0.15) is 11.3 Å². The van der Waals surface area contributed by atoms with Crippen molar-refractivity contribution in [2.75, 3.05) is 0 Å². The quantitative estimate of drug-likeness (QED) is 0.623. The third-order valence-corrected chi connectivity index (χ3v) is 3.91. The van der Waals surface area contributed by atoms with Crippen LogP contribution in [0.25, 0.3) is 22.4 Å². The fourth-order valence-electron chi connectivity index (χ4n) is 1.82. The van der Waals surface area contributed by atoms with Crippen molar-refractivity contribution in [1.29, 1.82) is 0 Å². The molecule has 0 aliphatic heterocycles. The monoisotopic (exact) mass is 386 g/mol. The Bertz CT molecular complexity index is 784. The summed E-state index contributed by atoms with van der Waals surface area (Å²) >= 11 is 6.78. The summed E-state index contributed by atoms with van der Waals surface area (Å²) in [6.45, 7) is 0. The summed E-state index contributed by atoms with van der Waals surface area (Å²) < 4.78 is 28.5. The number of nitrogens with zero attached hydrogens (tertiary/aromatic N) is 1. The molecule has 2 nitrogen and oxygen atoms in total. The number of hydrogen-bond donors (Lipinski definition) is 1. The van der Waals surface area contributed by atoms with Gasteiger partial charge in [0.15, 0.2) is 11.6 Å². The van der Waals surface area contributed by atoms with Crippen LogP contribution in [0.15, 0.2) is 39.3 Å². The second-order valence-electron chi connectivity index (χ2n) is 3.97. The molecule has 19 heavy (non-hydrogen) atoms. The molecule has 2 aromatic carbocycles. The predicted octanol–water partition coefficient (Wildman–Crippen LogP) is 5.03. The van der Waals surface area contributed by atoms with Crippen molar-refractivity contribution in [3.63, 3.8) is 0 Å². The first kappa shape index (κ1) is 12.7. The Balaban J connectivity index is 2.26. The molecule has 0 saturated heterocycles. The van der Waals surface area contributed by atoms with Crippen LogP contribution in [0.3, 0.4) is 0 Å². The molecular formula is C13H6Br2F2N2. The maximum atomic E-state index is 13.6. The van der Waals surface area contributed by atoms with Crippen LogP contribution in [0.2, 0.25) is 0 Å².